The minimum Gasteiger partial charge on any atom is -0.473 e. The van der Waals surface area contributed by atoms with E-state index in [0.717, 1.165) is 11.3 Å². The van der Waals surface area contributed by atoms with E-state index < -0.39 is 0 Å². The summed E-state index contributed by atoms with van der Waals surface area (Å²) in [5.41, 5.74) is 3.14. The predicted molar refractivity (Wildman–Crippen MR) is 114 cm³/mol. The van der Waals surface area contributed by atoms with Gasteiger partial charge in [-0.3, -0.25) is 4.79 Å². The summed E-state index contributed by atoms with van der Waals surface area (Å²) in [4.78, 5) is 16.9. The molecule has 0 radical (unpaired) electrons. The largest absolute Gasteiger partial charge is 0.473 e. The van der Waals surface area contributed by atoms with Gasteiger partial charge in [0.2, 0.25) is 5.88 Å². The first-order chi connectivity index (χ1) is 14.6. The number of nitrogens with one attached hydrogen (secondary N) is 1. The van der Waals surface area contributed by atoms with Gasteiger partial charge < -0.3 is 10.1 Å². The number of hydrogen-bond acceptors (Lipinski definition) is 5. The highest BCUT2D eigenvalue weighted by atomic mass is 35.5. The molecule has 0 saturated carbocycles. The lowest BCUT2D eigenvalue weighted by Crippen LogP contribution is -2.14. The Balaban J connectivity index is 1.41. The number of ether oxygens (including phenoxy) is 1. The van der Waals surface area contributed by atoms with E-state index in [4.69, 9.17) is 16.3 Å². The second-order valence-corrected chi connectivity index (χ2v) is 6.97. The van der Waals surface area contributed by atoms with E-state index in [0.29, 0.717) is 28.9 Å². The van der Waals surface area contributed by atoms with Gasteiger partial charge in [-0.25, -0.2) is 9.67 Å². The molecule has 2 aromatic carbocycles. The lowest BCUT2D eigenvalue weighted by molar-refractivity contribution is 0.102. The Bertz CT molecular complexity index is 1160. The molecular formula is C22H18ClN5O2. The maximum Gasteiger partial charge on any atom is 0.278 e. The van der Waals surface area contributed by atoms with Gasteiger partial charge in [-0.2, -0.15) is 0 Å². The van der Waals surface area contributed by atoms with Gasteiger partial charge in [0, 0.05) is 11.1 Å². The van der Waals surface area contributed by atoms with Crippen molar-refractivity contribution in [2.45, 2.75) is 13.5 Å². The fourth-order valence-electron chi connectivity index (χ4n) is 2.85. The Labute approximate surface area is 178 Å². The van der Waals surface area contributed by atoms with E-state index >= 15 is 0 Å². The Morgan fingerprint density at radius 1 is 1.10 bits per heavy atom. The molecule has 8 heteroatoms. The van der Waals surface area contributed by atoms with Gasteiger partial charge in [0.15, 0.2) is 5.69 Å². The minimum absolute atomic E-state index is 0.222. The maximum absolute atomic E-state index is 12.6. The van der Waals surface area contributed by atoms with Gasteiger partial charge in [-0.15, -0.1) is 5.10 Å². The third-order valence-electron chi connectivity index (χ3n) is 4.39. The molecule has 4 aromatic rings. The van der Waals surface area contributed by atoms with Crippen molar-refractivity contribution in [3.63, 3.8) is 0 Å². The molecule has 0 aliphatic heterocycles. The number of aromatic nitrogens is 4. The highest BCUT2D eigenvalue weighted by molar-refractivity contribution is 6.30. The van der Waals surface area contributed by atoms with E-state index in [1.54, 1.807) is 35.9 Å². The zero-order valence-corrected chi connectivity index (χ0v) is 16.9. The Hall–Kier alpha value is -3.71. The standard InChI is InChI=1S/C22H18ClN5O2/c1-15-21(26-27-28(15)19-9-5-8-17(23)12-19)22(29)25-18-10-11-20(24-13-18)30-14-16-6-3-2-4-7-16/h2-13H,14H2,1H3,(H,25,29). The van der Waals surface area contributed by atoms with Crippen LogP contribution in [-0.2, 0) is 6.61 Å². The normalized spacial score (nSPS) is 10.6. The predicted octanol–water partition coefficient (Wildman–Crippen LogP) is 4.46. The van der Waals surface area contributed by atoms with Gasteiger partial charge >= 0.3 is 0 Å². The van der Waals surface area contributed by atoms with Crippen LogP contribution in [0.4, 0.5) is 5.69 Å². The molecule has 1 amide bonds. The van der Waals surface area contributed by atoms with E-state index in [9.17, 15) is 4.79 Å². The third-order valence-corrected chi connectivity index (χ3v) is 4.62. The van der Waals surface area contributed by atoms with Crippen molar-refractivity contribution in [2.75, 3.05) is 5.32 Å². The van der Waals surface area contributed by atoms with Crippen molar-refractivity contribution in [3.05, 3.63) is 94.9 Å². The number of hydrogen-bond donors (Lipinski definition) is 1. The highest BCUT2D eigenvalue weighted by Gasteiger charge is 2.18. The van der Waals surface area contributed by atoms with Crippen LogP contribution in [0.25, 0.3) is 5.69 Å². The quantitative estimate of drug-likeness (QED) is 0.499. The second-order valence-electron chi connectivity index (χ2n) is 6.53. The molecule has 0 atom stereocenters. The molecule has 2 heterocycles. The van der Waals surface area contributed by atoms with Crippen LogP contribution in [0.5, 0.6) is 5.88 Å². The van der Waals surface area contributed by atoms with Crippen molar-refractivity contribution in [1.29, 1.82) is 0 Å². The summed E-state index contributed by atoms with van der Waals surface area (Å²) in [6, 6.07) is 20.4. The molecule has 1 N–H and O–H groups in total. The van der Waals surface area contributed by atoms with Crippen molar-refractivity contribution >= 4 is 23.2 Å². The number of anilines is 1. The number of amides is 1. The third kappa shape index (κ3) is 4.47. The van der Waals surface area contributed by atoms with Crippen LogP contribution >= 0.6 is 11.6 Å². The van der Waals surface area contributed by atoms with E-state index in [1.807, 2.05) is 42.5 Å². The summed E-state index contributed by atoms with van der Waals surface area (Å²) in [5, 5.41) is 11.4. The average molecular weight is 420 g/mol. The molecule has 0 aliphatic rings. The fraction of sp³-hybridized carbons (Fsp3) is 0.0909. The molecule has 0 fully saturated rings. The van der Waals surface area contributed by atoms with Crippen LogP contribution in [0.2, 0.25) is 5.02 Å². The van der Waals surface area contributed by atoms with Gasteiger partial charge in [-0.05, 0) is 36.8 Å². The van der Waals surface area contributed by atoms with Crippen molar-refractivity contribution in [2.24, 2.45) is 0 Å². The number of halogens is 1. The first-order valence-electron chi connectivity index (χ1n) is 9.22. The minimum atomic E-state index is -0.375. The molecule has 150 valence electrons. The van der Waals surface area contributed by atoms with Crippen molar-refractivity contribution in [1.82, 2.24) is 20.0 Å². The molecule has 0 aliphatic carbocycles. The summed E-state index contributed by atoms with van der Waals surface area (Å²) in [6.45, 7) is 2.19. The van der Waals surface area contributed by atoms with Crippen molar-refractivity contribution in [3.8, 4) is 11.6 Å². The first kappa shape index (κ1) is 19.6. The summed E-state index contributed by atoms with van der Waals surface area (Å²) < 4.78 is 7.23. The van der Waals surface area contributed by atoms with Gasteiger partial charge in [0.05, 0.1) is 23.3 Å². The maximum atomic E-state index is 12.6. The number of carbonyl (C=O) groups excluding carboxylic acids is 1. The number of benzene rings is 2. The highest BCUT2D eigenvalue weighted by Crippen LogP contribution is 2.18. The first-order valence-corrected chi connectivity index (χ1v) is 9.60. The van der Waals surface area contributed by atoms with Crippen LogP contribution in [-0.4, -0.2) is 25.9 Å². The lowest BCUT2D eigenvalue weighted by Gasteiger charge is -2.07. The molecule has 7 nitrogen and oxygen atoms in total. The van der Waals surface area contributed by atoms with Crippen LogP contribution in [0.1, 0.15) is 21.7 Å². The van der Waals surface area contributed by atoms with E-state index in [1.165, 1.54) is 6.20 Å². The second kappa shape index (κ2) is 8.75. The summed E-state index contributed by atoms with van der Waals surface area (Å²) in [7, 11) is 0. The van der Waals surface area contributed by atoms with E-state index in [-0.39, 0.29) is 11.6 Å². The number of nitrogens with zero attached hydrogens (tertiary/aromatic N) is 4. The molecule has 0 saturated heterocycles. The fourth-order valence-corrected chi connectivity index (χ4v) is 3.04. The van der Waals surface area contributed by atoms with Crippen LogP contribution in [0, 0.1) is 6.92 Å². The topological polar surface area (TPSA) is 81.9 Å². The number of carbonyl (C=O) groups is 1. The summed E-state index contributed by atoms with van der Waals surface area (Å²) >= 11 is 6.04. The molecule has 0 unspecified atom stereocenters. The van der Waals surface area contributed by atoms with Crippen LogP contribution < -0.4 is 10.1 Å². The van der Waals surface area contributed by atoms with Crippen LogP contribution in [0.3, 0.4) is 0 Å². The van der Waals surface area contributed by atoms with Crippen molar-refractivity contribution < 1.29 is 9.53 Å². The molecule has 30 heavy (non-hydrogen) atoms. The van der Waals surface area contributed by atoms with E-state index in [2.05, 4.69) is 20.6 Å². The Morgan fingerprint density at radius 2 is 1.93 bits per heavy atom. The Kier molecular flexibility index (Phi) is 5.72. The summed E-state index contributed by atoms with van der Waals surface area (Å²) in [5.74, 6) is 0.0977. The van der Waals surface area contributed by atoms with Gasteiger partial charge in [0.25, 0.3) is 5.91 Å². The molecule has 2 aromatic heterocycles. The van der Waals surface area contributed by atoms with Gasteiger partial charge in [0.1, 0.15) is 6.61 Å². The summed E-state index contributed by atoms with van der Waals surface area (Å²) in [6.07, 6.45) is 1.54. The average Bonchev–Trinajstić information content (AvgIpc) is 3.15. The molecule has 0 bridgehead atoms. The Morgan fingerprint density at radius 3 is 2.67 bits per heavy atom. The number of rotatable bonds is 6. The SMILES string of the molecule is Cc1c(C(=O)Nc2ccc(OCc3ccccc3)nc2)nnn1-c1cccc(Cl)c1. The lowest BCUT2D eigenvalue weighted by atomic mass is 10.2. The van der Waals surface area contributed by atoms with Gasteiger partial charge in [-0.1, -0.05) is 53.2 Å². The molecular weight excluding hydrogens is 402 g/mol. The zero-order valence-electron chi connectivity index (χ0n) is 16.1. The molecule has 4 rings (SSSR count). The number of pyridine rings is 1. The van der Waals surface area contributed by atoms with Crippen LogP contribution in [0.15, 0.2) is 72.9 Å². The molecule has 0 spiro atoms. The zero-order chi connectivity index (χ0) is 20.9. The monoisotopic (exact) mass is 419 g/mol. The smallest absolute Gasteiger partial charge is 0.278 e.